The van der Waals surface area contributed by atoms with Crippen LogP contribution in [0.3, 0.4) is 0 Å². The number of allylic oxidation sites excluding steroid dienone is 2. The van der Waals surface area contributed by atoms with Crippen molar-refractivity contribution < 1.29 is 9.53 Å². The van der Waals surface area contributed by atoms with Gasteiger partial charge in [0, 0.05) is 100 Å². The quantitative estimate of drug-likeness (QED) is 0.178. The third-order valence-electron chi connectivity index (χ3n) is 12.9. The molecule has 0 saturated carbocycles. The molecule has 0 bridgehead atoms. The fraction of sp³-hybridized carbons (Fsp3) is 0.340. The summed E-state index contributed by atoms with van der Waals surface area (Å²) in [5, 5.41) is 4.99. The van der Waals surface area contributed by atoms with Crippen molar-refractivity contribution in [2.24, 2.45) is 0 Å². The minimum Gasteiger partial charge on any atom is -0.444 e. The zero-order chi connectivity index (χ0) is 45.2. The number of carbonyl (C=O) groups excluding carboxylic acids is 1. The lowest BCUT2D eigenvalue weighted by atomic mass is 9.91. The van der Waals surface area contributed by atoms with Gasteiger partial charge >= 0.3 is 6.09 Å². The first kappa shape index (κ1) is 44.7. The number of carbonyl (C=O) groups is 1. The fourth-order valence-corrected chi connectivity index (χ4v) is 10.1. The highest BCUT2D eigenvalue weighted by molar-refractivity contribution is 6.31. The van der Waals surface area contributed by atoms with Crippen LogP contribution in [-0.2, 0) is 17.8 Å². The van der Waals surface area contributed by atoms with Crippen LogP contribution in [0.2, 0.25) is 10.0 Å². The topological polar surface area (TPSA) is 83.7 Å². The zero-order valence-electron chi connectivity index (χ0n) is 38.0. The molecule has 1 N–H and O–H groups in total. The number of rotatable bonds is 6. The molecule has 2 saturated heterocycles. The number of aromatic nitrogens is 4. The molecule has 2 aromatic heterocycles. The summed E-state index contributed by atoms with van der Waals surface area (Å²) in [5.41, 5.74) is 12.1. The Morgan fingerprint density at radius 1 is 0.646 bits per heavy atom. The lowest BCUT2D eigenvalue weighted by Crippen LogP contribution is -2.51. The molecule has 12 heteroatoms. The van der Waals surface area contributed by atoms with Gasteiger partial charge in [-0.1, -0.05) is 83.9 Å². The van der Waals surface area contributed by atoms with Crippen molar-refractivity contribution in [1.82, 2.24) is 39.1 Å². The van der Waals surface area contributed by atoms with E-state index in [9.17, 15) is 4.79 Å². The number of nitrogens with zero attached hydrogens (tertiary/aromatic N) is 7. The number of hydrogen-bond donors (Lipinski definition) is 1. The molecule has 2 unspecified atom stereocenters. The van der Waals surface area contributed by atoms with Gasteiger partial charge in [0.15, 0.2) is 0 Å². The van der Waals surface area contributed by atoms with Gasteiger partial charge in [0.05, 0.1) is 12.1 Å². The summed E-state index contributed by atoms with van der Waals surface area (Å²) in [4.78, 5) is 28.4. The number of piperazine rings is 2. The fourth-order valence-electron chi connectivity index (χ4n) is 9.75. The molecule has 336 valence electrons. The molecule has 10 nitrogen and oxygen atoms in total. The van der Waals surface area contributed by atoms with E-state index in [0.717, 1.165) is 79.6 Å². The summed E-state index contributed by atoms with van der Waals surface area (Å²) in [6.45, 7) is 18.2. The number of amides is 1. The van der Waals surface area contributed by atoms with E-state index in [0.29, 0.717) is 13.1 Å². The Morgan fingerprint density at radius 2 is 1.11 bits per heavy atom. The van der Waals surface area contributed by atoms with Crippen molar-refractivity contribution in [3.05, 3.63) is 176 Å². The number of benzene rings is 4. The van der Waals surface area contributed by atoms with E-state index in [1.54, 1.807) is 0 Å². The van der Waals surface area contributed by atoms with Gasteiger partial charge in [0.25, 0.3) is 0 Å². The molecule has 0 spiro atoms. The maximum atomic E-state index is 12.7. The zero-order valence-corrected chi connectivity index (χ0v) is 39.5. The Labute approximate surface area is 393 Å². The van der Waals surface area contributed by atoms with Gasteiger partial charge in [-0.2, -0.15) is 0 Å². The second kappa shape index (κ2) is 19.2. The van der Waals surface area contributed by atoms with Gasteiger partial charge in [-0.15, -0.1) is 0 Å². The normalized spacial score (nSPS) is 18.7. The molecule has 65 heavy (non-hydrogen) atoms. The van der Waals surface area contributed by atoms with Gasteiger partial charge in [-0.3, -0.25) is 9.80 Å². The predicted molar refractivity (Wildman–Crippen MR) is 263 cm³/mol. The van der Waals surface area contributed by atoms with Crippen molar-refractivity contribution in [3.63, 3.8) is 0 Å². The van der Waals surface area contributed by atoms with Crippen LogP contribution in [-0.4, -0.2) is 97.9 Å². The Morgan fingerprint density at radius 3 is 1.55 bits per heavy atom. The monoisotopic (exact) mass is 908 g/mol. The average molecular weight is 910 g/mol. The van der Waals surface area contributed by atoms with Gasteiger partial charge < -0.3 is 24.1 Å². The van der Waals surface area contributed by atoms with E-state index >= 15 is 0 Å². The van der Waals surface area contributed by atoms with Crippen LogP contribution in [0.4, 0.5) is 4.79 Å². The van der Waals surface area contributed by atoms with Gasteiger partial charge in [0.1, 0.15) is 17.2 Å². The Bertz CT molecular complexity index is 2730. The number of halogens is 2. The second-order valence-corrected chi connectivity index (χ2v) is 19.2. The summed E-state index contributed by atoms with van der Waals surface area (Å²) in [6, 6.07) is 30.4. The third-order valence-corrected chi connectivity index (χ3v) is 13.4. The van der Waals surface area contributed by atoms with Crippen molar-refractivity contribution >= 4 is 52.6 Å². The minimum atomic E-state index is -0.498. The van der Waals surface area contributed by atoms with Crippen LogP contribution in [0.1, 0.15) is 89.0 Å². The Hall–Kier alpha value is -5.49. The molecular formula is C53H58Cl2N8O2. The highest BCUT2D eigenvalue weighted by atomic mass is 35.5. The molecule has 0 radical (unpaired) electrons. The van der Waals surface area contributed by atoms with Gasteiger partial charge in [-0.05, 0) is 127 Å². The lowest BCUT2D eigenvalue weighted by Gasteiger charge is -2.40. The third kappa shape index (κ3) is 9.88. The number of nitrogens with one attached hydrogen (secondary N) is 1. The van der Waals surface area contributed by atoms with Gasteiger partial charge in [0.2, 0.25) is 0 Å². The maximum absolute atomic E-state index is 12.7. The molecule has 2 atom stereocenters. The molecule has 10 rings (SSSR count). The van der Waals surface area contributed by atoms with Crippen LogP contribution < -0.4 is 5.32 Å². The molecule has 4 heterocycles. The second-order valence-electron chi connectivity index (χ2n) is 18.4. The first-order valence-electron chi connectivity index (χ1n) is 22.7. The van der Waals surface area contributed by atoms with E-state index in [1.807, 2.05) is 63.3 Å². The van der Waals surface area contributed by atoms with Crippen LogP contribution in [0.15, 0.2) is 110 Å². The summed E-state index contributed by atoms with van der Waals surface area (Å²) in [7, 11) is 0. The van der Waals surface area contributed by atoms with E-state index in [4.69, 9.17) is 27.9 Å². The molecule has 4 aliphatic rings. The predicted octanol–water partition coefficient (Wildman–Crippen LogP) is 10.4. The number of ether oxygens (including phenoxy) is 1. The molecule has 2 fully saturated rings. The van der Waals surface area contributed by atoms with Crippen LogP contribution >= 0.6 is 23.2 Å². The maximum Gasteiger partial charge on any atom is 0.410 e. The van der Waals surface area contributed by atoms with Crippen molar-refractivity contribution in [1.29, 1.82) is 0 Å². The number of hydrogen-bond acceptors (Lipinski definition) is 7. The van der Waals surface area contributed by atoms with Crippen molar-refractivity contribution in [2.75, 3.05) is 52.4 Å². The number of fused-ring (bicyclic) bond motifs is 4. The first-order chi connectivity index (χ1) is 31.4. The first-order valence-corrected chi connectivity index (χ1v) is 23.5. The van der Waals surface area contributed by atoms with E-state index in [2.05, 4.69) is 132 Å². The molecule has 4 aromatic carbocycles. The van der Waals surface area contributed by atoms with Crippen molar-refractivity contribution in [3.8, 4) is 0 Å². The SMILES string of the molecule is Cc1nccn1CC1=Cc2cc(Cl)ccc2C(N2CCN(C(=O)OC(C)(C)C)CC2)c2ccccc21.Cc1nccn1CC1=Cc2cc(Cl)ccc2C(N2CCNCC2)c2ccccc21. The molecule has 1 amide bonds. The summed E-state index contributed by atoms with van der Waals surface area (Å²) < 4.78 is 9.99. The van der Waals surface area contributed by atoms with Crippen LogP contribution in [0, 0.1) is 13.8 Å². The van der Waals surface area contributed by atoms with E-state index in [-0.39, 0.29) is 18.2 Å². The molecule has 2 aliphatic heterocycles. The summed E-state index contributed by atoms with van der Waals surface area (Å²) in [6.07, 6.45) is 12.1. The van der Waals surface area contributed by atoms with Crippen LogP contribution in [0.25, 0.3) is 23.3 Å². The van der Waals surface area contributed by atoms with Crippen LogP contribution in [0.5, 0.6) is 0 Å². The standard InChI is InChI=1S/C29H33ClN4O2.C24H25ClN4/c1-20-31-11-12-34(20)19-22-17-21-18-23(30)9-10-25(21)27(26-8-6-5-7-24(22)26)32-13-15-33(16-14-32)28(35)36-29(2,3)4;1-17-27-10-13-29(17)16-19-14-18-15-20(25)6-7-22(18)24(28-11-8-26-9-12-28)23-5-3-2-4-21(19)23/h5-12,17-18,27H,13-16,19H2,1-4H3;2-7,10,13-15,24,26H,8-9,11-12,16H2,1H3. The lowest BCUT2D eigenvalue weighted by molar-refractivity contribution is 0.0119. The number of aryl methyl sites for hydroxylation is 2. The smallest absolute Gasteiger partial charge is 0.410 e. The average Bonchev–Trinajstić information content (AvgIpc) is 3.83. The highest BCUT2D eigenvalue weighted by Gasteiger charge is 2.34. The Kier molecular flexibility index (Phi) is 13.2. The number of imidazole rings is 2. The Balaban J connectivity index is 0.000000168. The largest absolute Gasteiger partial charge is 0.444 e. The van der Waals surface area contributed by atoms with Gasteiger partial charge in [-0.25, -0.2) is 14.8 Å². The van der Waals surface area contributed by atoms with Crippen molar-refractivity contribution in [2.45, 2.75) is 65.4 Å². The molecular weight excluding hydrogens is 852 g/mol. The minimum absolute atomic E-state index is 0.0619. The van der Waals surface area contributed by atoms with E-state index in [1.165, 1.54) is 50.1 Å². The summed E-state index contributed by atoms with van der Waals surface area (Å²) >= 11 is 12.9. The highest BCUT2D eigenvalue weighted by Crippen LogP contribution is 2.43. The summed E-state index contributed by atoms with van der Waals surface area (Å²) in [5.74, 6) is 2.01. The van der Waals surface area contributed by atoms with E-state index < -0.39 is 5.60 Å². The molecule has 2 aliphatic carbocycles. The molecule has 6 aromatic rings.